The van der Waals surface area contributed by atoms with Gasteiger partial charge in [0.1, 0.15) is 0 Å². The molecule has 1 fully saturated rings. The fourth-order valence-electron chi connectivity index (χ4n) is 3.13. The predicted octanol–water partition coefficient (Wildman–Crippen LogP) is 4.13. The highest BCUT2D eigenvalue weighted by molar-refractivity contribution is 6.29. The van der Waals surface area contributed by atoms with Gasteiger partial charge in [0.25, 0.3) is 0 Å². The summed E-state index contributed by atoms with van der Waals surface area (Å²) in [5.74, 6) is 1.49. The van der Waals surface area contributed by atoms with Gasteiger partial charge in [-0.2, -0.15) is 0 Å². The van der Waals surface area contributed by atoms with Crippen molar-refractivity contribution in [3.05, 3.63) is 52.2 Å². The molecule has 110 valence electrons. The lowest BCUT2D eigenvalue weighted by Crippen LogP contribution is -2.35. The van der Waals surface area contributed by atoms with Crippen LogP contribution in [-0.4, -0.2) is 23.3 Å². The van der Waals surface area contributed by atoms with E-state index in [-0.39, 0.29) is 0 Å². The van der Waals surface area contributed by atoms with E-state index in [0.717, 1.165) is 18.9 Å². The Hall–Kier alpha value is -1.61. The zero-order chi connectivity index (χ0) is 14.8. The maximum absolute atomic E-state index is 5.82. The maximum Gasteiger partial charge on any atom is 0.151 e. The predicted molar refractivity (Wildman–Crippen MR) is 87.1 cm³/mol. The van der Waals surface area contributed by atoms with Gasteiger partial charge in [-0.3, -0.25) is 0 Å². The summed E-state index contributed by atoms with van der Waals surface area (Å²) >= 11 is 5.82. The van der Waals surface area contributed by atoms with Crippen LogP contribution in [0.3, 0.4) is 0 Å². The van der Waals surface area contributed by atoms with E-state index in [1.54, 1.807) is 0 Å². The number of hydrogen-bond acceptors (Lipinski definition) is 3. The monoisotopic (exact) mass is 301 g/mol. The van der Waals surface area contributed by atoms with Gasteiger partial charge in [-0.15, -0.1) is 10.2 Å². The average Bonchev–Trinajstić information content (AvgIpc) is 2.51. The normalized spacial score (nSPS) is 18.8. The van der Waals surface area contributed by atoms with Gasteiger partial charge in [0.15, 0.2) is 11.0 Å². The fraction of sp³-hybridized carbons (Fsp3) is 0.412. The first-order chi connectivity index (χ1) is 10.1. The van der Waals surface area contributed by atoms with Gasteiger partial charge in [-0.25, -0.2) is 0 Å². The van der Waals surface area contributed by atoms with Crippen LogP contribution in [0.2, 0.25) is 5.15 Å². The second-order valence-corrected chi connectivity index (χ2v) is 6.18. The van der Waals surface area contributed by atoms with Crippen LogP contribution in [0, 0.1) is 13.8 Å². The molecule has 3 nitrogen and oxygen atoms in total. The summed E-state index contributed by atoms with van der Waals surface area (Å²) in [6.45, 7) is 6.45. The topological polar surface area (TPSA) is 29.0 Å². The molecule has 4 heteroatoms. The van der Waals surface area contributed by atoms with Gasteiger partial charge < -0.3 is 4.90 Å². The van der Waals surface area contributed by atoms with E-state index in [9.17, 15) is 0 Å². The van der Waals surface area contributed by atoms with E-state index in [2.05, 4.69) is 47.1 Å². The minimum absolute atomic E-state index is 0.446. The van der Waals surface area contributed by atoms with Crippen LogP contribution in [0.25, 0.3) is 0 Å². The first kappa shape index (κ1) is 14.3. The molecule has 1 aromatic carbocycles. The lowest BCUT2D eigenvalue weighted by Gasteiger charge is -2.34. The number of halogens is 1. The lowest BCUT2D eigenvalue weighted by atomic mass is 9.86. The molecule has 1 aliphatic rings. The first-order valence-corrected chi connectivity index (χ1v) is 7.83. The minimum Gasteiger partial charge on any atom is -0.355 e. The summed E-state index contributed by atoms with van der Waals surface area (Å²) in [7, 11) is 0. The van der Waals surface area contributed by atoms with Crippen molar-refractivity contribution in [2.24, 2.45) is 0 Å². The second kappa shape index (κ2) is 6.02. The second-order valence-electron chi connectivity index (χ2n) is 5.79. The number of aryl methyl sites for hydroxylation is 1. The highest BCUT2D eigenvalue weighted by Crippen LogP contribution is 2.31. The molecule has 3 rings (SSSR count). The number of hydrogen-bond donors (Lipinski definition) is 0. The number of rotatable bonds is 2. The van der Waals surface area contributed by atoms with Crippen LogP contribution >= 0.6 is 11.6 Å². The van der Waals surface area contributed by atoms with Gasteiger partial charge in [-0.1, -0.05) is 29.8 Å². The lowest BCUT2D eigenvalue weighted by molar-refractivity contribution is 0.504. The van der Waals surface area contributed by atoms with Gasteiger partial charge in [-0.05, 0) is 55.5 Å². The van der Waals surface area contributed by atoms with Crippen LogP contribution in [0.5, 0.6) is 0 Å². The molecule has 0 bridgehead atoms. The molecule has 1 unspecified atom stereocenters. The summed E-state index contributed by atoms with van der Waals surface area (Å²) in [6.07, 6.45) is 2.42. The molecule has 2 aromatic rings. The van der Waals surface area contributed by atoms with Crippen molar-refractivity contribution >= 4 is 17.4 Å². The van der Waals surface area contributed by atoms with E-state index in [0.29, 0.717) is 11.1 Å². The van der Waals surface area contributed by atoms with Crippen molar-refractivity contribution in [2.75, 3.05) is 18.0 Å². The highest BCUT2D eigenvalue weighted by atomic mass is 35.5. The molecule has 0 N–H and O–H groups in total. The third kappa shape index (κ3) is 3.03. The van der Waals surface area contributed by atoms with E-state index in [4.69, 9.17) is 11.6 Å². The van der Waals surface area contributed by atoms with Crippen molar-refractivity contribution in [3.63, 3.8) is 0 Å². The molecule has 1 aromatic heterocycles. The van der Waals surface area contributed by atoms with Gasteiger partial charge >= 0.3 is 0 Å². The Labute approximate surface area is 131 Å². The molecule has 21 heavy (non-hydrogen) atoms. The van der Waals surface area contributed by atoms with E-state index < -0.39 is 0 Å². The van der Waals surface area contributed by atoms with Crippen molar-refractivity contribution < 1.29 is 0 Å². The van der Waals surface area contributed by atoms with Crippen LogP contribution in [0.4, 0.5) is 5.82 Å². The maximum atomic E-state index is 5.82. The van der Waals surface area contributed by atoms with Crippen molar-refractivity contribution in [2.45, 2.75) is 32.6 Å². The smallest absolute Gasteiger partial charge is 0.151 e. The van der Waals surface area contributed by atoms with Crippen LogP contribution in [-0.2, 0) is 0 Å². The van der Waals surface area contributed by atoms with E-state index in [1.165, 1.54) is 29.5 Å². The molecular weight excluding hydrogens is 282 g/mol. The Kier molecular flexibility index (Phi) is 4.11. The summed E-state index contributed by atoms with van der Waals surface area (Å²) in [4.78, 5) is 2.32. The quantitative estimate of drug-likeness (QED) is 0.835. The molecule has 2 heterocycles. The molecule has 0 aliphatic carbocycles. The SMILES string of the molecule is Cc1cccc(C2CCCN(c3ccc(Cl)nn3)C2)c1C. The fourth-order valence-corrected chi connectivity index (χ4v) is 3.23. The summed E-state index contributed by atoms with van der Waals surface area (Å²) < 4.78 is 0. The summed E-state index contributed by atoms with van der Waals surface area (Å²) in [5.41, 5.74) is 4.27. The Balaban J connectivity index is 1.82. The van der Waals surface area contributed by atoms with E-state index in [1.807, 2.05) is 12.1 Å². The van der Waals surface area contributed by atoms with Crippen LogP contribution in [0.15, 0.2) is 30.3 Å². The zero-order valence-electron chi connectivity index (χ0n) is 12.5. The standard InChI is InChI=1S/C17H20ClN3/c1-12-5-3-7-15(13(12)2)14-6-4-10-21(11-14)17-9-8-16(18)19-20-17/h3,5,7-9,14H,4,6,10-11H2,1-2H3. The molecule has 1 aliphatic heterocycles. The summed E-state index contributed by atoms with van der Waals surface area (Å²) in [6, 6.07) is 10.4. The number of anilines is 1. The first-order valence-electron chi connectivity index (χ1n) is 7.45. The largest absolute Gasteiger partial charge is 0.355 e. The molecule has 1 atom stereocenters. The third-order valence-electron chi connectivity index (χ3n) is 4.45. The Morgan fingerprint density at radius 1 is 1.14 bits per heavy atom. The van der Waals surface area contributed by atoms with Crippen LogP contribution < -0.4 is 4.90 Å². The number of nitrogens with zero attached hydrogens (tertiary/aromatic N) is 3. The number of benzene rings is 1. The zero-order valence-corrected chi connectivity index (χ0v) is 13.3. The molecule has 0 radical (unpaired) electrons. The Bertz CT molecular complexity index is 624. The van der Waals surface area contributed by atoms with Crippen LogP contribution in [0.1, 0.15) is 35.4 Å². The molecular formula is C17H20ClN3. The third-order valence-corrected chi connectivity index (χ3v) is 4.65. The van der Waals surface area contributed by atoms with Gasteiger partial charge in [0, 0.05) is 19.0 Å². The number of piperidine rings is 1. The van der Waals surface area contributed by atoms with Gasteiger partial charge in [0.2, 0.25) is 0 Å². The average molecular weight is 302 g/mol. The highest BCUT2D eigenvalue weighted by Gasteiger charge is 2.23. The number of aromatic nitrogens is 2. The molecule has 1 saturated heterocycles. The van der Waals surface area contributed by atoms with Crippen molar-refractivity contribution in [3.8, 4) is 0 Å². The Morgan fingerprint density at radius 2 is 2.00 bits per heavy atom. The summed E-state index contributed by atoms with van der Waals surface area (Å²) in [5, 5.41) is 8.62. The van der Waals surface area contributed by atoms with E-state index >= 15 is 0 Å². The van der Waals surface area contributed by atoms with Gasteiger partial charge in [0.05, 0.1) is 0 Å². The molecule has 0 saturated carbocycles. The molecule has 0 amide bonds. The van der Waals surface area contributed by atoms with Crippen molar-refractivity contribution in [1.29, 1.82) is 0 Å². The minimum atomic E-state index is 0.446. The molecule has 0 spiro atoms. The van der Waals surface area contributed by atoms with Crippen molar-refractivity contribution in [1.82, 2.24) is 10.2 Å². The Morgan fingerprint density at radius 3 is 2.76 bits per heavy atom.